The summed E-state index contributed by atoms with van der Waals surface area (Å²) in [6, 6.07) is 11.7. The number of benzene rings is 1. The molecule has 0 radical (unpaired) electrons. The first kappa shape index (κ1) is 17.9. The fraction of sp³-hybridized carbons (Fsp3) is 0.286. The lowest BCUT2D eigenvalue weighted by Crippen LogP contribution is -2.50. The molecular weight excluding hydrogens is 326 g/mol. The van der Waals surface area contributed by atoms with Crippen molar-refractivity contribution >= 4 is 17.9 Å². The second-order valence-electron chi connectivity index (χ2n) is 6.43. The van der Waals surface area contributed by atoms with Gasteiger partial charge in [-0.15, -0.1) is 0 Å². The van der Waals surface area contributed by atoms with Crippen molar-refractivity contribution in [2.24, 2.45) is 0 Å². The largest absolute Gasteiger partial charge is 0.339 e. The molecule has 2 heterocycles. The fourth-order valence-electron chi connectivity index (χ4n) is 2.93. The van der Waals surface area contributed by atoms with E-state index in [2.05, 4.69) is 24.0 Å². The third kappa shape index (κ3) is 4.57. The average molecular weight is 349 g/mol. The van der Waals surface area contributed by atoms with Crippen LogP contribution in [0.25, 0.3) is 6.08 Å². The highest BCUT2D eigenvalue weighted by Gasteiger charge is 2.24. The molecule has 1 aliphatic rings. The minimum absolute atomic E-state index is 0.0236. The topological polar surface area (TPSA) is 53.5 Å². The van der Waals surface area contributed by atoms with Gasteiger partial charge >= 0.3 is 0 Å². The predicted molar refractivity (Wildman–Crippen MR) is 102 cm³/mol. The number of rotatable bonds is 4. The summed E-state index contributed by atoms with van der Waals surface area (Å²) >= 11 is 0. The van der Waals surface area contributed by atoms with Gasteiger partial charge in [0.25, 0.3) is 5.91 Å². The standard InChI is InChI=1S/C21H23N3O2/c1-17-7-9-18(10-8-17)4-2-6-20(25)23-12-14-24(15-13-23)21(26)19-5-3-11-22-16-19/h2-5,7-11,16H,6,12-15H2,1H3/b4-2+. The number of nitrogens with zero attached hydrogens (tertiary/aromatic N) is 3. The Bertz CT molecular complexity index is 777. The first-order chi connectivity index (χ1) is 12.6. The van der Waals surface area contributed by atoms with Gasteiger partial charge in [0, 0.05) is 45.0 Å². The van der Waals surface area contributed by atoms with Gasteiger partial charge in [0.05, 0.1) is 5.56 Å². The van der Waals surface area contributed by atoms with E-state index in [-0.39, 0.29) is 11.8 Å². The molecule has 0 saturated carbocycles. The highest BCUT2D eigenvalue weighted by atomic mass is 16.2. The molecular formula is C21H23N3O2. The lowest BCUT2D eigenvalue weighted by Gasteiger charge is -2.34. The van der Waals surface area contributed by atoms with E-state index in [9.17, 15) is 9.59 Å². The molecule has 0 aliphatic carbocycles. The van der Waals surface area contributed by atoms with Crippen molar-refractivity contribution in [1.29, 1.82) is 0 Å². The predicted octanol–water partition coefficient (Wildman–Crippen LogP) is 2.78. The van der Waals surface area contributed by atoms with Gasteiger partial charge < -0.3 is 9.80 Å². The molecule has 0 N–H and O–H groups in total. The number of carbonyl (C=O) groups excluding carboxylic acids is 2. The Morgan fingerprint density at radius 3 is 2.38 bits per heavy atom. The monoisotopic (exact) mass is 349 g/mol. The summed E-state index contributed by atoms with van der Waals surface area (Å²) in [5.74, 6) is 0.0753. The maximum atomic E-state index is 12.4. The molecule has 5 nitrogen and oxygen atoms in total. The van der Waals surface area contributed by atoms with Gasteiger partial charge in [-0.3, -0.25) is 14.6 Å². The molecule has 0 unspecified atom stereocenters. The van der Waals surface area contributed by atoms with Crippen LogP contribution in [0.15, 0.2) is 54.9 Å². The van der Waals surface area contributed by atoms with Gasteiger partial charge in [0.2, 0.25) is 5.91 Å². The van der Waals surface area contributed by atoms with Crippen LogP contribution in [0.5, 0.6) is 0 Å². The Morgan fingerprint density at radius 2 is 1.73 bits per heavy atom. The number of hydrogen-bond donors (Lipinski definition) is 0. The number of aromatic nitrogens is 1. The summed E-state index contributed by atoms with van der Waals surface area (Å²) in [5, 5.41) is 0. The summed E-state index contributed by atoms with van der Waals surface area (Å²) in [6.07, 6.45) is 7.48. The van der Waals surface area contributed by atoms with E-state index < -0.39 is 0 Å². The number of amides is 2. The number of carbonyl (C=O) groups is 2. The molecule has 0 spiro atoms. The highest BCUT2D eigenvalue weighted by molar-refractivity contribution is 5.94. The van der Waals surface area contributed by atoms with Gasteiger partial charge in [-0.1, -0.05) is 42.0 Å². The number of piperazine rings is 1. The Hall–Kier alpha value is -2.95. The van der Waals surface area contributed by atoms with Gasteiger partial charge in [0.15, 0.2) is 0 Å². The number of hydrogen-bond acceptors (Lipinski definition) is 3. The Labute approximate surface area is 154 Å². The zero-order valence-corrected chi connectivity index (χ0v) is 15.0. The summed E-state index contributed by atoms with van der Waals surface area (Å²) < 4.78 is 0. The molecule has 26 heavy (non-hydrogen) atoms. The molecule has 2 amide bonds. The molecule has 1 saturated heterocycles. The summed E-state index contributed by atoms with van der Waals surface area (Å²) in [5.41, 5.74) is 2.90. The van der Waals surface area contributed by atoms with E-state index in [1.165, 1.54) is 5.56 Å². The van der Waals surface area contributed by atoms with Crippen molar-refractivity contribution in [3.63, 3.8) is 0 Å². The van der Waals surface area contributed by atoms with Crippen molar-refractivity contribution in [3.05, 3.63) is 71.6 Å². The van der Waals surface area contributed by atoms with Crippen LogP contribution in [-0.2, 0) is 4.79 Å². The van der Waals surface area contributed by atoms with Crippen molar-refractivity contribution in [3.8, 4) is 0 Å². The van der Waals surface area contributed by atoms with Crippen molar-refractivity contribution in [2.45, 2.75) is 13.3 Å². The van der Waals surface area contributed by atoms with Crippen molar-refractivity contribution in [1.82, 2.24) is 14.8 Å². The smallest absolute Gasteiger partial charge is 0.255 e. The number of pyridine rings is 1. The third-order valence-corrected chi connectivity index (χ3v) is 4.51. The van der Waals surface area contributed by atoms with Crippen molar-refractivity contribution < 1.29 is 9.59 Å². The van der Waals surface area contributed by atoms with E-state index in [0.29, 0.717) is 38.2 Å². The van der Waals surface area contributed by atoms with Crippen LogP contribution < -0.4 is 0 Å². The molecule has 1 aromatic carbocycles. The minimum Gasteiger partial charge on any atom is -0.339 e. The van der Waals surface area contributed by atoms with Crippen LogP contribution in [0.1, 0.15) is 27.9 Å². The van der Waals surface area contributed by atoms with Crippen LogP contribution in [0.2, 0.25) is 0 Å². The van der Waals surface area contributed by atoms with E-state index >= 15 is 0 Å². The minimum atomic E-state index is -0.0236. The SMILES string of the molecule is Cc1ccc(/C=C/CC(=O)N2CCN(C(=O)c3cccnc3)CC2)cc1. The van der Waals surface area contributed by atoms with Gasteiger partial charge in [-0.2, -0.15) is 0 Å². The Balaban J connectivity index is 1.47. The Morgan fingerprint density at radius 1 is 1.04 bits per heavy atom. The Kier molecular flexibility index (Phi) is 5.79. The van der Waals surface area contributed by atoms with E-state index in [0.717, 1.165) is 5.56 Å². The van der Waals surface area contributed by atoms with Gasteiger partial charge in [-0.25, -0.2) is 0 Å². The summed E-state index contributed by atoms with van der Waals surface area (Å²) in [7, 11) is 0. The molecule has 1 aliphatic heterocycles. The molecule has 2 aromatic rings. The molecule has 1 aromatic heterocycles. The van der Waals surface area contributed by atoms with Crippen LogP contribution in [-0.4, -0.2) is 52.8 Å². The zero-order chi connectivity index (χ0) is 18.4. The fourth-order valence-corrected chi connectivity index (χ4v) is 2.93. The van der Waals surface area contributed by atoms with Crippen LogP contribution >= 0.6 is 0 Å². The normalized spacial score (nSPS) is 14.7. The highest BCUT2D eigenvalue weighted by Crippen LogP contribution is 2.10. The van der Waals surface area contributed by atoms with Crippen LogP contribution in [0.4, 0.5) is 0 Å². The maximum Gasteiger partial charge on any atom is 0.255 e. The maximum absolute atomic E-state index is 12.4. The van der Waals surface area contributed by atoms with E-state index in [4.69, 9.17) is 0 Å². The average Bonchev–Trinajstić information content (AvgIpc) is 2.69. The van der Waals surface area contributed by atoms with Crippen molar-refractivity contribution in [2.75, 3.05) is 26.2 Å². The summed E-state index contributed by atoms with van der Waals surface area (Å²) in [6.45, 7) is 4.31. The molecule has 1 fully saturated rings. The second-order valence-corrected chi connectivity index (χ2v) is 6.43. The van der Waals surface area contributed by atoms with Crippen LogP contribution in [0, 0.1) is 6.92 Å². The molecule has 0 bridgehead atoms. The second kappa shape index (κ2) is 8.43. The molecule has 0 atom stereocenters. The molecule has 134 valence electrons. The quantitative estimate of drug-likeness (QED) is 0.853. The number of aryl methyl sites for hydroxylation is 1. The lowest BCUT2D eigenvalue weighted by molar-refractivity contribution is -0.131. The van der Waals surface area contributed by atoms with Gasteiger partial charge in [0.1, 0.15) is 0 Å². The first-order valence-electron chi connectivity index (χ1n) is 8.84. The third-order valence-electron chi connectivity index (χ3n) is 4.51. The first-order valence-corrected chi connectivity index (χ1v) is 8.84. The summed E-state index contributed by atoms with van der Waals surface area (Å²) in [4.78, 5) is 32.3. The lowest BCUT2D eigenvalue weighted by atomic mass is 10.1. The zero-order valence-electron chi connectivity index (χ0n) is 15.0. The van der Waals surface area contributed by atoms with E-state index in [1.807, 2.05) is 29.2 Å². The van der Waals surface area contributed by atoms with Crippen LogP contribution in [0.3, 0.4) is 0 Å². The van der Waals surface area contributed by atoms with Gasteiger partial charge in [-0.05, 0) is 24.6 Å². The van der Waals surface area contributed by atoms with E-state index in [1.54, 1.807) is 29.4 Å². The molecule has 3 rings (SSSR count). The molecule has 5 heteroatoms.